The van der Waals surface area contributed by atoms with Crippen LogP contribution in [0.5, 0.6) is 0 Å². The van der Waals surface area contributed by atoms with E-state index in [4.69, 9.17) is 15.6 Å². The molecule has 7 nitrogen and oxygen atoms in total. The fourth-order valence-electron chi connectivity index (χ4n) is 0.962. The molecule has 0 aromatic heterocycles. The molecule has 0 bridgehead atoms. The van der Waals surface area contributed by atoms with Gasteiger partial charge in [0.15, 0.2) is 0 Å². The van der Waals surface area contributed by atoms with Gasteiger partial charge < -0.3 is 26.2 Å². The first kappa shape index (κ1) is 15.7. The van der Waals surface area contributed by atoms with Crippen LogP contribution in [-0.2, 0) is 9.53 Å². The van der Waals surface area contributed by atoms with E-state index >= 15 is 0 Å². The summed E-state index contributed by atoms with van der Waals surface area (Å²) in [4.78, 5) is 22.8. The molecule has 0 rings (SSSR count). The molecule has 0 aromatic carbocycles. The van der Waals surface area contributed by atoms with E-state index in [0.717, 1.165) is 0 Å². The maximum absolute atomic E-state index is 11.4. The molecule has 0 aliphatic rings. The van der Waals surface area contributed by atoms with Gasteiger partial charge in [0.1, 0.15) is 11.6 Å². The average molecular weight is 247 g/mol. The standard InChI is InChI=1S/C10H21N3O4/c1-10(2,3)17-9(16)13-7(6-14)8(15)12-5-4-11/h7,14H,4-6,11H2,1-3H3,(H,12,15)(H,13,16)/t7-/m0/s1. The predicted molar refractivity (Wildman–Crippen MR) is 62.3 cm³/mol. The van der Waals surface area contributed by atoms with E-state index in [2.05, 4.69) is 10.6 Å². The Morgan fingerprint density at radius 2 is 2.00 bits per heavy atom. The smallest absolute Gasteiger partial charge is 0.408 e. The van der Waals surface area contributed by atoms with Crippen molar-refractivity contribution in [2.45, 2.75) is 32.4 Å². The van der Waals surface area contributed by atoms with Crippen molar-refractivity contribution in [1.82, 2.24) is 10.6 Å². The zero-order valence-electron chi connectivity index (χ0n) is 10.4. The summed E-state index contributed by atoms with van der Waals surface area (Å²) in [5.74, 6) is -0.496. The Hall–Kier alpha value is -1.34. The highest BCUT2D eigenvalue weighted by Gasteiger charge is 2.23. The minimum absolute atomic E-state index is 0.283. The molecule has 0 aliphatic heterocycles. The highest BCUT2D eigenvalue weighted by atomic mass is 16.6. The van der Waals surface area contributed by atoms with Gasteiger partial charge in [-0.05, 0) is 20.8 Å². The second-order valence-corrected chi connectivity index (χ2v) is 4.46. The zero-order chi connectivity index (χ0) is 13.5. The maximum Gasteiger partial charge on any atom is 0.408 e. The molecule has 0 unspecified atom stereocenters. The van der Waals surface area contributed by atoms with E-state index in [0.29, 0.717) is 0 Å². The molecule has 0 aromatic rings. The van der Waals surface area contributed by atoms with Gasteiger partial charge in [-0.1, -0.05) is 0 Å². The van der Waals surface area contributed by atoms with Gasteiger partial charge in [0.25, 0.3) is 0 Å². The summed E-state index contributed by atoms with van der Waals surface area (Å²) in [7, 11) is 0. The lowest BCUT2D eigenvalue weighted by atomic mass is 10.2. The van der Waals surface area contributed by atoms with E-state index in [1.54, 1.807) is 20.8 Å². The number of nitrogens with one attached hydrogen (secondary N) is 2. The highest BCUT2D eigenvalue weighted by Crippen LogP contribution is 2.06. The molecule has 0 heterocycles. The third-order valence-electron chi connectivity index (χ3n) is 1.63. The molecule has 0 radical (unpaired) electrons. The molecule has 0 saturated carbocycles. The first-order valence-electron chi connectivity index (χ1n) is 5.38. The molecule has 100 valence electrons. The number of ether oxygens (including phenoxy) is 1. The van der Waals surface area contributed by atoms with Gasteiger partial charge in [-0.25, -0.2) is 4.79 Å². The lowest BCUT2D eigenvalue weighted by molar-refractivity contribution is -0.124. The fraction of sp³-hybridized carbons (Fsp3) is 0.800. The van der Waals surface area contributed by atoms with E-state index in [1.165, 1.54) is 0 Å². The minimum atomic E-state index is -1.03. The van der Waals surface area contributed by atoms with Crippen LogP contribution in [0.3, 0.4) is 0 Å². The Morgan fingerprint density at radius 1 is 1.41 bits per heavy atom. The van der Waals surface area contributed by atoms with Crippen molar-refractivity contribution in [2.24, 2.45) is 5.73 Å². The van der Waals surface area contributed by atoms with Crippen molar-refractivity contribution in [3.63, 3.8) is 0 Å². The molecule has 17 heavy (non-hydrogen) atoms. The zero-order valence-corrected chi connectivity index (χ0v) is 10.4. The summed E-state index contributed by atoms with van der Waals surface area (Å²) >= 11 is 0. The van der Waals surface area contributed by atoms with Crippen LogP contribution in [0.4, 0.5) is 4.79 Å². The van der Waals surface area contributed by atoms with Crippen LogP contribution in [0.1, 0.15) is 20.8 Å². The lowest BCUT2D eigenvalue weighted by Gasteiger charge is -2.22. The summed E-state index contributed by atoms with van der Waals surface area (Å²) < 4.78 is 4.96. The minimum Gasteiger partial charge on any atom is -0.444 e. The van der Waals surface area contributed by atoms with Crippen LogP contribution in [-0.4, -0.2) is 48.4 Å². The quantitative estimate of drug-likeness (QED) is 0.495. The van der Waals surface area contributed by atoms with Gasteiger partial charge in [-0.15, -0.1) is 0 Å². The van der Waals surface area contributed by atoms with Crippen molar-refractivity contribution in [2.75, 3.05) is 19.7 Å². The van der Waals surface area contributed by atoms with Crippen molar-refractivity contribution < 1.29 is 19.4 Å². The summed E-state index contributed by atoms with van der Waals surface area (Å²) in [6.07, 6.45) is -0.751. The molecule has 5 N–H and O–H groups in total. The third kappa shape index (κ3) is 7.53. The van der Waals surface area contributed by atoms with Crippen LogP contribution in [0.2, 0.25) is 0 Å². The monoisotopic (exact) mass is 247 g/mol. The Balaban J connectivity index is 4.21. The largest absolute Gasteiger partial charge is 0.444 e. The number of aliphatic hydroxyl groups excluding tert-OH is 1. The third-order valence-corrected chi connectivity index (χ3v) is 1.63. The topological polar surface area (TPSA) is 114 Å². The van der Waals surface area contributed by atoms with Crippen LogP contribution >= 0.6 is 0 Å². The van der Waals surface area contributed by atoms with Crippen molar-refractivity contribution in [3.8, 4) is 0 Å². The van der Waals surface area contributed by atoms with Crippen LogP contribution < -0.4 is 16.4 Å². The van der Waals surface area contributed by atoms with Gasteiger partial charge in [-0.3, -0.25) is 4.79 Å². The number of hydrogen-bond donors (Lipinski definition) is 4. The van der Waals surface area contributed by atoms with Crippen molar-refractivity contribution in [1.29, 1.82) is 0 Å². The van der Waals surface area contributed by atoms with Crippen molar-refractivity contribution in [3.05, 3.63) is 0 Å². The summed E-state index contributed by atoms with van der Waals surface area (Å²) in [5.41, 5.74) is 4.56. The Morgan fingerprint density at radius 3 is 2.41 bits per heavy atom. The fourth-order valence-corrected chi connectivity index (χ4v) is 0.962. The van der Waals surface area contributed by atoms with Crippen LogP contribution in [0.15, 0.2) is 0 Å². The number of amides is 2. The van der Waals surface area contributed by atoms with Gasteiger partial charge in [0.2, 0.25) is 5.91 Å². The Labute approximate surface area is 101 Å². The van der Waals surface area contributed by atoms with E-state index in [-0.39, 0.29) is 13.1 Å². The molecule has 0 saturated heterocycles. The highest BCUT2D eigenvalue weighted by molar-refractivity contribution is 5.85. The summed E-state index contributed by atoms with van der Waals surface area (Å²) in [5, 5.41) is 13.7. The van der Waals surface area contributed by atoms with E-state index in [1.807, 2.05) is 0 Å². The second-order valence-electron chi connectivity index (χ2n) is 4.46. The van der Waals surface area contributed by atoms with Gasteiger partial charge in [0.05, 0.1) is 6.61 Å². The Bertz CT molecular complexity index is 263. The molecule has 7 heteroatoms. The van der Waals surface area contributed by atoms with Gasteiger partial charge in [0, 0.05) is 13.1 Å². The second kappa shape index (κ2) is 7.08. The average Bonchev–Trinajstić information content (AvgIpc) is 2.19. The number of aliphatic hydroxyl groups is 1. The Kier molecular flexibility index (Phi) is 6.52. The van der Waals surface area contributed by atoms with Gasteiger partial charge in [-0.2, -0.15) is 0 Å². The SMILES string of the molecule is CC(C)(C)OC(=O)N[C@@H](CO)C(=O)NCCN. The molecular formula is C10H21N3O4. The first-order chi connectivity index (χ1) is 7.80. The molecule has 0 fully saturated rings. The number of nitrogens with two attached hydrogens (primary N) is 1. The van der Waals surface area contributed by atoms with E-state index < -0.39 is 30.3 Å². The maximum atomic E-state index is 11.4. The molecule has 0 spiro atoms. The molecule has 1 atom stereocenters. The number of carbonyl (C=O) groups excluding carboxylic acids is 2. The molecule has 0 aliphatic carbocycles. The van der Waals surface area contributed by atoms with Gasteiger partial charge >= 0.3 is 6.09 Å². The number of rotatable bonds is 5. The lowest BCUT2D eigenvalue weighted by Crippen LogP contribution is -2.50. The van der Waals surface area contributed by atoms with Crippen molar-refractivity contribution >= 4 is 12.0 Å². The summed E-state index contributed by atoms with van der Waals surface area (Å²) in [6, 6.07) is -1.03. The van der Waals surface area contributed by atoms with Crippen LogP contribution in [0, 0.1) is 0 Å². The first-order valence-corrected chi connectivity index (χ1v) is 5.38. The number of alkyl carbamates (subject to hydrolysis) is 1. The van der Waals surface area contributed by atoms with E-state index in [9.17, 15) is 9.59 Å². The van der Waals surface area contributed by atoms with Crippen LogP contribution in [0.25, 0.3) is 0 Å². The molecular weight excluding hydrogens is 226 g/mol. The number of hydrogen-bond acceptors (Lipinski definition) is 5. The summed E-state index contributed by atoms with van der Waals surface area (Å²) in [6.45, 7) is 5.18. The normalized spacial score (nSPS) is 12.8. The number of carbonyl (C=O) groups is 2. The predicted octanol–water partition coefficient (Wildman–Crippen LogP) is -1.05. The molecule has 2 amide bonds.